The highest BCUT2D eigenvalue weighted by Crippen LogP contribution is 2.30. The summed E-state index contributed by atoms with van der Waals surface area (Å²) in [6, 6.07) is 0. The first-order valence-corrected chi connectivity index (χ1v) is 10.2. The normalized spacial score (nSPS) is 13.3. The van der Waals surface area contributed by atoms with Crippen LogP contribution in [-0.4, -0.2) is 28.6 Å². The topological polar surface area (TPSA) is 0 Å². The summed E-state index contributed by atoms with van der Waals surface area (Å²) < 4.78 is 0.799. The van der Waals surface area contributed by atoms with Crippen LogP contribution in [0.5, 0.6) is 0 Å². The van der Waals surface area contributed by atoms with Crippen LogP contribution in [0.15, 0.2) is 0 Å². The predicted molar refractivity (Wildman–Crippen MR) is 86.1 cm³/mol. The zero-order chi connectivity index (χ0) is 12.2. The van der Waals surface area contributed by atoms with Gasteiger partial charge in [-0.1, -0.05) is 39.0 Å². The highest BCUT2D eigenvalue weighted by molar-refractivity contribution is 8.16. The number of rotatable bonds is 11. The summed E-state index contributed by atoms with van der Waals surface area (Å²) in [5.74, 6) is 0. The molecule has 98 valence electrons. The Balaban J connectivity index is 3.57. The van der Waals surface area contributed by atoms with E-state index in [1.54, 1.807) is 0 Å². The van der Waals surface area contributed by atoms with E-state index in [4.69, 9.17) is 0 Å². The van der Waals surface area contributed by atoms with E-state index in [2.05, 4.69) is 37.5 Å². The summed E-state index contributed by atoms with van der Waals surface area (Å²) in [5.41, 5.74) is 0. The van der Waals surface area contributed by atoms with Gasteiger partial charge in [-0.2, -0.15) is 35.3 Å². The molecule has 0 aromatic carbocycles. The standard InChI is InChI=1S/C13H28S3/c1-5-6-7-8-9-10-12(14-2)11-13(15-3)16-4/h12-13H,5-11H2,1-4H3. The Morgan fingerprint density at radius 1 is 0.812 bits per heavy atom. The fourth-order valence-electron chi connectivity index (χ4n) is 1.81. The fraction of sp³-hybridized carbons (Fsp3) is 1.00. The van der Waals surface area contributed by atoms with E-state index in [1.165, 1.54) is 44.9 Å². The van der Waals surface area contributed by atoms with Crippen LogP contribution in [0.2, 0.25) is 0 Å². The van der Waals surface area contributed by atoms with E-state index in [0.29, 0.717) is 0 Å². The third-order valence-electron chi connectivity index (χ3n) is 2.94. The minimum atomic E-state index is 0.799. The van der Waals surface area contributed by atoms with Crippen molar-refractivity contribution < 1.29 is 0 Å². The maximum absolute atomic E-state index is 2.28. The highest BCUT2D eigenvalue weighted by atomic mass is 32.2. The van der Waals surface area contributed by atoms with Crippen LogP contribution < -0.4 is 0 Å². The first kappa shape index (κ1) is 17.1. The number of unbranched alkanes of at least 4 members (excludes halogenated alkanes) is 4. The molecule has 0 aliphatic rings. The minimum absolute atomic E-state index is 0.799. The van der Waals surface area contributed by atoms with Crippen molar-refractivity contribution >= 4 is 35.3 Å². The molecule has 16 heavy (non-hydrogen) atoms. The zero-order valence-corrected chi connectivity index (χ0v) is 13.8. The Hall–Kier alpha value is 1.05. The maximum atomic E-state index is 2.28. The van der Waals surface area contributed by atoms with Gasteiger partial charge in [-0.25, -0.2) is 0 Å². The summed E-state index contributed by atoms with van der Waals surface area (Å²) in [5, 5.41) is 0.881. The molecule has 3 heteroatoms. The molecule has 0 amide bonds. The molecule has 0 aromatic rings. The summed E-state index contributed by atoms with van der Waals surface area (Å²) in [6.07, 6.45) is 16.6. The van der Waals surface area contributed by atoms with E-state index in [9.17, 15) is 0 Å². The van der Waals surface area contributed by atoms with Crippen LogP contribution >= 0.6 is 35.3 Å². The Kier molecular flexibility index (Phi) is 13.3. The van der Waals surface area contributed by atoms with Gasteiger partial charge in [0, 0.05) is 5.25 Å². The van der Waals surface area contributed by atoms with Crippen LogP contribution in [0.3, 0.4) is 0 Å². The first-order chi connectivity index (χ1) is 7.78. The van der Waals surface area contributed by atoms with Crippen molar-refractivity contribution in [3.8, 4) is 0 Å². The molecule has 0 aromatic heterocycles. The second-order valence-electron chi connectivity index (χ2n) is 4.20. The summed E-state index contributed by atoms with van der Waals surface area (Å²) in [6.45, 7) is 2.28. The molecular formula is C13H28S3. The maximum Gasteiger partial charge on any atom is 0.0507 e. The number of thioether (sulfide) groups is 3. The number of hydrogen-bond donors (Lipinski definition) is 0. The van der Waals surface area contributed by atoms with Gasteiger partial charge in [0.25, 0.3) is 0 Å². The summed E-state index contributed by atoms with van der Waals surface area (Å²) in [7, 11) is 0. The largest absolute Gasteiger partial charge is 0.162 e. The molecule has 0 bridgehead atoms. The van der Waals surface area contributed by atoms with E-state index in [-0.39, 0.29) is 0 Å². The molecule has 0 radical (unpaired) electrons. The first-order valence-electron chi connectivity index (χ1n) is 6.36. The van der Waals surface area contributed by atoms with Gasteiger partial charge in [0.05, 0.1) is 4.58 Å². The lowest BCUT2D eigenvalue weighted by atomic mass is 10.1. The number of hydrogen-bond acceptors (Lipinski definition) is 3. The highest BCUT2D eigenvalue weighted by Gasteiger charge is 2.13. The van der Waals surface area contributed by atoms with Crippen LogP contribution in [0.1, 0.15) is 51.9 Å². The monoisotopic (exact) mass is 280 g/mol. The lowest BCUT2D eigenvalue weighted by Gasteiger charge is -2.19. The third-order valence-corrected chi connectivity index (χ3v) is 6.63. The van der Waals surface area contributed by atoms with Gasteiger partial charge in [-0.05, 0) is 31.6 Å². The average Bonchev–Trinajstić information content (AvgIpc) is 2.33. The molecule has 0 N–H and O–H groups in total. The quantitative estimate of drug-likeness (QED) is 0.361. The van der Waals surface area contributed by atoms with Gasteiger partial charge in [-0.15, -0.1) is 0 Å². The molecule has 0 aliphatic heterocycles. The van der Waals surface area contributed by atoms with Crippen molar-refractivity contribution in [3.63, 3.8) is 0 Å². The molecule has 0 fully saturated rings. The van der Waals surface area contributed by atoms with Crippen LogP contribution in [-0.2, 0) is 0 Å². The summed E-state index contributed by atoms with van der Waals surface area (Å²) >= 11 is 6.09. The van der Waals surface area contributed by atoms with Gasteiger partial charge in [0.1, 0.15) is 0 Å². The van der Waals surface area contributed by atoms with Crippen molar-refractivity contribution in [2.75, 3.05) is 18.8 Å². The smallest absolute Gasteiger partial charge is 0.0507 e. The Morgan fingerprint density at radius 2 is 1.44 bits per heavy atom. The zero-order valence-electron chi connectivity index (χ0n) is 11.3. The van der Waals surface area contributed by atoms with Crippen molar-refractivity contribution in [3.05, 3.63) is 0 Å². The van der Waals surface area contributed by atoms with Crippen LogP contribution in [0.4, 0.5) is 0 Å². The van der Waals surface area contributed by atoms with Crippen molar-refractivity contribution in [1.82, 2.24) is 0 Å². The van der Waals surface area contributed by atoms with Gasteiger partial charge in [0.2, 0.25) is 0 Å². The van der Waals surface area contributed by atoms with Crippen molar-refractivity contribution in [2.45, 2.75) is 61.7 Å². The molecule has 0 saturated heterocycles. The Bertz CT molecular complexity index is 135. The van der Waals surface area contributed by atoms with Crippen molar-refractivity contribution in [1.29, 1.82) is 0 Å². The third kappa shape index (κ3) is 9.12. The van der Waals surface area contributed by atoms with E-state index in [0.717, 1.165) is 9.83 Å². The van der Waals surface area contributed by atoms with Gasteiger partial charge in [-0.3, -0.25) is 0 Å². The summed E-state index contributed by atoms with van der Waals surface area (Å²) in [4.78, 5) is 0. The second kappa shape index (κ2) is 12.5. The molecule has 0 nitrogen and oxygen atoms in total. The molecule has 0 spiro atoms. The molecule has 0 rings (SSSR count). The van der Waals surface area contributed by atoms with Gasteiger partial charge >= 0.3 is 0 Å². The molecular weight excluding hydrogens is 252 g/mol. The molecule has 0 saturated carbocycles. The lowest BCUT2D eigenvalue weighted by Crippen LogP contribution is -2.09. The Labute approximate surface area is 115 Å². The predicted octanol–water partition coefficient (Wildman–Crippen LogP) is 5.52. The van der Waals surface area contributed by atoms with Gasteiger partial charge in [0.15, 0.2) is 0 Å². The van der Waals surface area contributed by atoms with E-state index < -0.39 is 0 Å². The Morgan fingerprint density at radius 3 is 1.94 bits per heavy atom. The van der Waals surface area contributed by atoms with E-state index in [1.807, 2.05) is 23.5 Å². The lowest BCUT2D eigenvalue weighted by molar-refractivity contribution is 0.591. The SMILES string of the molecule is CCCCCCCC(CC(SC)SC)SC. The van der Waals surface area contributed by atoms with Gasteiger partial charge < -0.3 is 0 Å². The van der Waals surface area contributed by atoms with Crippen LogP contribution in [0, 0.1) is 0 Å². The average molecular weight is 281 g/mol. The molecule has 0 aliphatic carbocycles. The molecule has 1 atom stereocenters. The fourth-order valence-corrected chi connectivity index (χ4v) is 4.46. The molecule has 0 heterocycles. The minimum Gasteiger partial charge on any atom is -0.162 e. The second-order valence-corrected chi connectivity index (χ2v) is 7.71. The van der Waals surface area contributed by atoms with Crippen LogP contribution in [0.25, 0.3) is 0 Å². The van der Waals surface area contributed by atoms with E-state index >= 15 is 0 Å². The molecule has 1 unspecified atom stereocenters. The van der Waals surface area contributed by atoms with Crippen molar-refractivity contribution in [2.24, 2.45) is 0 Å².